The van der Waals surface area contributed by atoms with Crippen molar-refractivity contribution in [3.63, 3.8) is 0 Å². The van der Waals surface area contributed by atoms with Gasteiger partial charge in [-0.25, -0.2) is 24.8 Å². The van der Waals surface area contributed by atoms with Crippen molar-refractivity contribution in [3.05, 3.63) is 295 Å². The zero-order valence-electron chi connectivity index (χ0n) is 59.8. The summed E-state index contributed by atoms with van der Waals surface area (Å²) in [5.41, 5.74) is 14.5. The van der Waals surface area contributed by atoms with Gasteiger partial charge in [0.05, 0.1) is 83.8 Å². The highest BCUT2D eigenvalue weighted by Crippen LogP contribution is 2.38. The van der Waals surface area contributed by atoms with Crippen LogP contribution in [-0.4, -0.2) is 135 Å². The molecule has 28 heteroatoms. The van der Waals surface area contributed by atoms with E-state index in [1.807, 2.05) is 41.8 Å². The summed E-state index contributed by atoms with van der Waals surface area (Å²) in [6.45, 7) is 9.85. The number of amides is 1. The third kappa shape index (κ3) is 20.0. The molecule has 1 aliphatic rings. The maximum atomic E-state index is 11.8. The third-order valence-corrected chi connectivity index (χ3v) is 21.8. The van der Waals surface area contributed by atoms with Gasteiger partial charge in [-0.3, -0.25) is 74.2 Å². The summed E-state index contributed by atoms with van der Waals surface area (Å²) < 4.78 is 0.994. The fraction of sp³-hybridized carbons (Fsp3) is 0.185. The molecule has 548 valence electrons. The van der Waals surface area contributed by atoms with E-state index in [0.29, 0.717) is 47.4 Å². The first-order valence-electron chi connectivity index (χ1n) is 34.3. The molecule has 9 aromatic heterocycles. The first kappa shape index (κ1) is 77.0. The van der Waals surface area contributed by atoms with Gasteiger partial charge in [0, 0.05) is 146 Å². The zero-order valence-corrected chi connectivity index (χ0v) is 63.8. The van der Waals surface area contributed by atoms with Crippen molar-refractivity contribution < 1.29 is 29.4 Å². The summed E-state index contributed by atoms with van der Waals surface area (Å²) in [7, 11) is 3.00. The Hall–Kier alpha value is -11.6. The van der Waals surface area contributed by atoms with Crippen LogP contribution in [0.25, 0.3) is 66.2 Å². The number of ketones is 1. The van der Waals surface area contributed by atoms with E-state index in [4.69, 9.17) is 38.1 Å². The van der Waals surface area contributed by atoms with Gasteiger partial charge in [-0.2, -0.15) is 0 Å². The molecule has 1 fully saturated rings. The number of carboxylic acids is 1. The van der Waals surface area contributed by atoms with Crippen LogP contribution < -0.4 is 4.90 Å². The standard InChI is InChI=1S/C25H26N4S.C13H10ClN3OS.C13H10ClN3S.C11H11N3O2.C10H8N2O.C9H6N2O2/c1-18(21-7-8-22-23(16-21)27-12-11-26-22)24-17-28-25(30-24)29-13-9-20(10-14-29)15-19-5-3-2-4-6-19;1-13(18,11-7-17-12(14)19-11)8-2-3-9-10(6-8)16-5-4-15-9;1-8(12-7-17-13(14)18-12)9-2-3-10-11(6-9)16-5-4-15-10;1-14(16-2)11(15)8-3-4-9-10(7-8)13-6-5-12-9;1-7(13)8-2-3-9-10(6-8)12-5-4-11-9;12-9(13)6-1-2-7-8(5-6)11-4-3-10-7/h2-8,11-12,16-18,20H,9-10,13-15H2,1H3;2-7,18H,1H3;2-8H,1H3;3-7H,1-2H3;2-6H,1H3;1-5H,(H,12,13). The molecule has 1 saturated heterocycles. The number of hydrogen-bond acceptors (Lipinski definition) is 24. The first-order chi connectivity index (χ1) is 52.8. The molecular weight excluding hydrogens is 1470 g/mol. The third-order valence-electron chi connectivity index (χ3n) is 18.0. The molecule has 3 atom stereocenters. The maximum Gasteiger partial charge on any atom is 0.335 e. The molecule has 7 aromatic carbocycles. The number of anilines is 1. The van der Waals surface area contributed by atoms with Gasteiger partial charge in [0.25, 0.3) is 5.91 Å². The van der Waals surface area contributed by atoms with Gasteiger partial charge in [-0.05, 0) is 152 Å². The van der Waals surface area contributed by atoms with Gasteiger partial charge in [0.1, 0.15) is 5.60 Å². The first-order valence-corrected chi connectivity index (χ1v) is 37.6. The molecule has 23 nitrogen and oxygen atoms in total. The fourth-order valence-corrected chi connectivity index (χ4v) is 14.8. The molecular formula is C81H71Cl2N17O6S3. The van der Waals surface area contributed by atoms with Crippen molar-refractivity contribution in [2.75, 3.05) is 32.1 Å². The van der Waals surface area contributed by atoms with E-state index in [1.165, 1.54) is 95.9 Å². The number of piperidine rings is 1. The lowest BCUT2D eigenvalue weighted by Crippen LogP contribution is -2.34. The van der Waals surface area contributed by atoms with Crippen molar-refractivity contribution in [2.24, 2.45) is 5.92 Å². The molecule has 0 saturated carbocycles. The number of carbonyl (C=O) groups excluding carboxylic acids is 2. The Morgan fingerprint density at radius 3 is 1.34 bits per heavy atom. The molecule has 0 bridgehead atoms. The van der Waals surface area contributed by atoms with Crippen LogP contribution in [0.1, 0.15) is 120 Å². The van der Waals surface area contributed by atoms with E-state index in [9.17, 15) is 19.5 Å². The average molecular weight is 1550 g/mol. The number of thiazole rings is 3. The molecule has 10 heterocycles. The Labute approximate surface area is 648 Å². The summed E-state index contributed by atoms with van der Waals surface area (Å²) >= 11 is 16.3. The molecule has 0 aliphatic carbocycles. The van der Waals surface area contributed by atoms with Crippen LogP contribution in [0.15, 0.2) is 232 Å². The molecule has 16 aromatic rings. The highest BCUT2D eigenvalue weighted by molar-refractivity contribution is 7.16. The predicted octanol–water partition coefficient (Wildman–Crippen LogP) is 17.0. The summed E-state index contributed by atoms with van der Waals surface area (Å²) in [6, 6.07) is 44.1. The number of halogens is 2. The number of aliphatic hydroxyl groups is 1. The van der Waals surface area contributed by atoms with Crippen molar-refractivity contribution in [1.29, 1.82) is 0 Å². The molecule has 17 rings (SSSR count). The lowest BCUT2D eigenvalue weighted by Gasteiger charge is -2.31. The van der Waals surface area contributed by atoms with Gasteiger partial charge >= 0.3 is 5.97 Å². The van der Waals surface area contributed by atoms with Crippen LogP contribution in [0.2, 0.25) is 8.93 Å². The summed E-state index contributed by atoms with van der Waals surface area (Å²) in [6.07, 6.45) is 28.9. The Morgan fingerprint density at radius 1 is 0.495 bits per heavy atom. The molecule has 1 aliphatic heterocycles. The maximum absolute atomic E-state index is 11.8. The number of carboxylic acid groups (broad SMARTS) is 1. The van der Waals surface area contributed by atoms with Crippen LogP contribution in [0.4, 0.5) is 5.13 Å². The number of carbonyl (C=O) groups is 3. The number of aromatic nitrogens is 15. The van der Waals surface area contributed by atoms with Crippen molar-refractivity contribution in [2.45, 2.75) is 64.4 Å². The van der Waals surface area contributed by atoms with Crippen molar-refractivity contribution in [1.82, 2.24) is 79.8 Å². The number of fused-ring (bicyclic) bond motifs is 6. The van der Waals surface area contributed by atoms with E-state index >= 15 is 0 Å². The van der Waals surface area contributed by atoms with Gasteiger partial charge < -0.3 is 15.1 Å². The molecule has 2 N–H and O–H groups in total. The monoisotopic (exact) mass is 1540 g/mol. The largest absolute Gasteiger partial charge is 0.478 e. The van der Waals surface area contributed by atoms with Crippen LogP contribution in [0.5, 0.6) is 0 Å². The van der Waals surface area contributed by atoms with E-state index < -0.39 is 11.6 Å². The number of nitrogens with zero attached hydrogens (tertiary/aromatic N) is 17. The molecule has 0 spiro atoms. The molecule has 1 amide bonds. The number of hydrogen-bond donors (Lipinski definition) is 2. The number of hydroxylamine groups is 2. The Kier molecular flexibility index (Phi) is 25.7. The minimum Gasteiger partial charge on any atom is -0.478 e. The Balaban J connectivity index is 0.000000125. The number of Topliss-reactive ketones (excluding diaryl/α,β-unsaturated/α-hetero) is 1. The predicted molar refractivity (Wildman–Crippen MR) is 428 cm³/mol. The summed E-state index contributed by atoms with van der Waals surface area (Å²) in [5, 5.41) is 21.7. The Bertz CT molecular complexity index is 5720. The second-order valence-electron chi connectivity index (χ2n) is 25.2. The lowest BCUT2D eigenvalue weighted by molar-refractivity contribution is -0.0756. The fourth-order valence-electron chi connectivity index (χ4n) is 11.7. The number of aromatic carboxylic acids is 1. The SMILES string of the molecule is CC(=O)c1ccc2nccnc2c1.CC(O)(c1ccc2nccnc2c1)c1cnc(Cl)s1.CC(c1ccc2nccnc2c1)c1cnc(Cl)s1.CC(c1ccc2nccnc2c1)c1cnc(N2CCC(Cc3ccccc3)CC2)s1.CON(C)C(=O)c1ccc2nccnc2c1.O=C(O)c1ccc2nccnc2c1. The molecule has 109 heavy (non-hydrogen) atoms. The van der Waals surface area contributed by atoms with Gasteiger partial charge in [-0.1, -0.05) is 85.6 Å². The van der Waals surface area contributed by atoms with Crippen LogP contribution >= 0.6 is 57.2 Å². The van der Waals surface area contributed by atoms with Crippen LogP contribution in [-0.2, 0) is 16.9 Å². The average Bonchev–Trinajstić information content (AvgIpc) is 1.78. The van der Waals surface area contributed by atoms with Gasteiger partial charge in [-0.15, -0.1) is 34.0 Å². The molecule has 0 radical (unpaired) electrons. The molecule has 3 unspecified atom stereocenters. The Morgan fingerprint density at radius 2 is 0.890 bits per heavy atom. The number of benzene rings is 7. The zero-order chi connectivity index (χ0) is 76.4. The van der Waals surface area contributed by atoms with Crippen molar-refractivity contribution in [3.8, 4) is 0 Å². The lowest BCUT2D eigenvalue weighted by atomic mass is 9.90. The van der Waals surface area contributed by atoms with Crippen LogP contribution in [0, 0.1) is 5.92 Å². The van der Waals surface area contributed by atoms with E-state index in [-0.39, 0.29) is 23.2 Å². The normalized spacial score (nSPS) is 13.0. The van der Waals surface area contributed by atoms with E-state index in [0.717, 1.165) is 89.3 Å². The highest BCUT2D eigenvalue weighted by atomic mass is 35.5. The van der Waals surface area contributed by atoms with E-state index in [1.54, 1.807) is 131 Å². The van der Waals surface area contributed by atoms with Gasteiger partial charge in [0.2, 0.25) is 0 Å². The minimum absolute atomic E-state index is 0.0487. The smallest absolute Gasteiger partial charge is 0.335 e. The van der Waals surface area contributed by atoms with Crippen molar-refractivity contribution >= 4 is 146 Å². The quantitative estimate of drug-likeness (QED) is 0.0800. The second-order valence-corrected chi connectivity index (χ2v) is 29.5. The topological polar surface area (TPSA) is 301 Å². The number of rotatable bonds is 13. The summed E-state index contributed by atoms with van der Waals surface area (Å²) in [4.78, 5) is 107. The van der Waals surface area contributed by atoms with Crippen LogP contribution in [0.3, 0.4) is 0 Å². The summed E-state index contributed by atoms with van der Waals surface area (Å²) in [5.74, 6) is 0.232. The van der Waals surface area contributed by atoms with Gasteiger partial charge in [0.15, 0.2) is 19.8 Å². The van der Waals surface area contributed by atoms with E-state index in [2.05, 4.69) is 155 Å². The highest BCUT2D eigenvalue weighted by Gasteiger charge is 2.29. The second kappa shape index (κ2) is 36.3. The minimum atomic E-state index is -1.14.